The van der Waals surface area contributed by atoms with E-state index in [0.29, 0.717) is 19.3 Å². The van der Waals surface area contributed by atoms with Crippen molar-refractivity contribution in [2.24, 2.45) is 0 Å². The second-order valence-corrected chi connectivity index (χ2v) is 9.61. The molecule has 2 heterocycles. The van der Waals surface area contributed by atoms with Gasteiger partial charge in [0.05, 0.1) is 20.6 Å². The molecule has 0 aliphatic carbocycles. The first kappa shape index (κ1) is 21.2. The summed E-state index contributed by atoms with van der Waals surface area (Å²) in [6, 6.07) is 15.4. The molecule has 1 aliphatic rings. The molecule has 3 nitrogen and oxygen atoms in total. The first-order valence-electron chi connectivity index (χ1n) is 9.25. The van der Waals surface area contributed by atoms with Crippen molar-refractivity contribution in [3.8, 4) is 5.69 Å². The number of benzene rings is 2. The van der Waals surface area contributed by atoms with Crippen molar-refractivity contribution in [1.29, 1.82) is 0 Å². The summed E-state index contributed by atoms with van der Waals surface area (Å²) in [5.41, 5.74) is 5.80. The number of aryl methyl sites for hydroxylation is 2. The van der Waals surface area contributed by atoms with Crippen molar-refractivity contribution >= 4 is 69.2 Å². The van der Waals surface area contributed by atoms with Crippen LogP contribution in [0.5, 0.6) is 0 Å². The Bertz CT molecular complexity index is 1230. The summed E-state index contributed by atoms with van der Waals surface area (Å²) in [5.74, 6) is -0.102. The van der Waals surface area contributed by atoms with Gasteiger partial charge in [0.15, 0.2) is 4.32 Å². The molecule has 0 unspecified atom stereocenters. The van der Waals surface area contributed by atoms with Gasteiger partial charge in [0, 0.05) is 17.1 Å². The molecule has 7 heteroatoms. The number of hydrogen-bond donors (Lipinski definition) is 0. The minimum absolute atomic E-state index is 0.102. The Morgan fingerprint density at radius 2 is 1.73 bits per heavy atom. The summed E-state index contributed by atoms with van der Waals surface area (Å²) in [7, 11) is 0. The number of thioether (sulfide) groups is 1. The Kier molecular flexibility index (Phi) is 5.82. The van der Waals surface area contributed by atoms with Crippen LogP contribution in [-0.2, 0) is 4.79 Å². The fourth-order valence-electron chi connectivity index (χ4n) is 3.55. The maximum absolute atomic E-state index is 13.1. The standard InChI is InChI=1S/C23H18Cl2N2OS2/c1-13-5-4-6-17(9-13)27-22(28)21(30-23(27)29)11-16-10-14(2)26(15(16)3)18-7-8-19(24)20(25)12-18/h4-12H,1-3H3/b21-11+. The number of halogens is 2. The van der Waals surface area contributed by atoms with E-state index in [0.717, 1.165) is 33.9 Å². The van der Waals surface area contributed by atoms with Gasteiger partial charge < -0.3 is 4.57 Å². The van der Waals surface area contributed by atoms with E-state index in [1.807, 2.05) is 63.2 Å². The average Bonchev–Trinajstić information content (AvgIpc) is 3.12. The van der Waals surface area contributed by atoms with Crippen molar-refractivity contribution in [2.75, 3.05) is 4.90 Å². The number of hydrogen-bond acceptors (Lipinski definition) is 3. The lowest BCUT2D eigenvalue weighted by Crippen LogP contribution is -2.27. The van der Waals surface area contributed by atoms with Crippen molar-refractivity contribution in [3.63, 3.8) is 0 Å². The van der Waals surface area contributed by atoms with Crippen molar-refractivity contribution < 1.29 is 4.79 Å². The Morgan fingerprint density at radius 1 is 0.967 bits per heavy atom. The van der Waals surface area contributed by atoms with E-state index < -0.39 is 0 Å². The summed E-state index contributed by atoms with van der Waals surface area (Å²) < 4.78 is 2.63. The maximum atomic E-state index is 13.1. The first-order chi connectivity index (χ1) is 14.3. The fraction of sp³-hybridized carbons (Fsp3) is 0.130. The minimum Gasteiger partial charge on any atom is -0.318 e. The van der Waals surface area contributed by atoms with E-state index in [1.165, 1.54) is 11.8 Å². The van der Waals surface area contributed by atoms with Gasteiger partial charge in [0.25, 0.3) is 5.91 Å². The zero-order valence-electron chi connectivity index (χ0n) is 16.6. The molecule has 1 aliphatic heterocycles. The Hall–Kier alpha value is -2.05. The number of thiocarbonyl (C=S) groups is 1. The third kappa shape index (κ3) is 3.83. The quantitative estimate of drug-likeness (QED) is 0.299. The zero-order valence-corrected chi connectivity index (χ0v) is 19.7. The highest BCUT2D eigenvalue weighted by atomic mass is 35.5. The van der Waals surface area contributed by atoms with Gasteiger partial charge in [0.2, 0.25) is 0 Å². The summed E-state index contributed by atoms with van der Waals surface area (Å²) in [6.45, 7) is 6.03. The lowest BCUT2D eigenvalue weighted by atomic mass is 10.2. The van der Waals surface area contributed by atoms with Gasteiger partial charge in [-0.25, -0.2) is 0 Å². The number of amides is 1. The second-order valence-electron chi connectivity index (χ2n) is 7.12. The molecule has 0 atom stereocenters. The minimum atomic E-state index is -0.102. The topological polar surface area (TPSA) is 25.2 Å². The molecule has 152 valence electrons. The van der Waals surface area contributed by atoms with Gasteiger partial charge in [-0.3, -0.25) is 9.69 Å². The first-order valence-corrected chi connectivity index (χ1v) is 11.2. The van der Waals surface area contributed by atoms with Gasteiger partial charge in [-0.05, 0) is 74.4 Å². The van der Waals surface area contributed by atoms with Crippen LogP contribution in [-0.4, -0.2) is 14.8 Å². The van der Waals surface area contributed by atoms with E-state index in [4.69, 9.17) is 35.4 Å². The molecule has 1 saturated heterocycles. The van der Waals surface area contributed by atoms with Gasteiger partial charge >= 0.3 is 0 Å². The van der Waals surface area contributed by atoms with Crippen LogP contribution in [0.4, 0.5) is 5.69 Å². The van der Waals surface area contributed by atoms with E-state index in [9.17, 15) is 4.79 Å². The number of aromatic nitrogens is 1. The molecule has 3 aromatic rings. The third-order valence-corrected chi connectivity index (χ3v) is 7.01. The summed E-state index contributed by atoms with van der Waals surface area (Å²) in [4.78, 5) is 15.3. The zero-order chi connectivity index (χ0) is 21.6. The average molecular weight is 473 g/mol. The molecular formula is C23H18Cl2N2OS2. The molecular weight excluding hydrogens is 455 g/mol. The van der Waals surface area contributed by atoms with Gasteiger partial charge in [-0.1, -0.05) is 59.3 Å². The Labute approximate surface area is 195 Å². The van der Waals surface area contributed by atoms with Crippen LogP contribution in [0.25, 0.3) is 11.8 Å². The lowest BCUT2D eigenvalue weighted by molar-refractivity contribution is -0.113. The monoisotopic (exact) mass is 472 g/mol. The van der Waals surface area contributed by atoms with Crippen LogP contribution in [0.15, 0.2) is 53.4 Å². The number of carbonyl (C=O) groups excluding carboxylic acids is 1. The summed E-state index contributed by atoms with van der Waals surface area (Å²) in [5, 5.41) is 1.02. The molecule has 4 rings (SSSR count). The predicted octanol–water partition coefficient (Wildman–Crippen LogP) is 7.12. The number of anilines is 1. The van der Waals surface area contributed by atoms with E-state index in [1.54, 1.807) is 11.0 Å². The largest absolute Gasteiger partial charge is 0.318 e. The molecule has 0 saturated carbocycles. The van der Waals surface area contributed by atoms with Crippen LogP contribution in [0.3, 0.4) is 0 Å². The number of rotatable bonds is 3. The highest BCUT2D eigenvalue weighted by Gasteiger charge is 2.33. The van der Waals surface area contributed by atoms with Crippen LogP contribution < -0.4 is 4.90 Å². The smallest absolute Gasteiger partial charge is 0.270 e. The SMILES string of the molecule is Cc1cccc(N2C(=O)/C(=C\c3cc(C)n(-c4ccc(Cl)c(Cl)c4)c3C)SC2=S)c1. The lowest BCUT2D eigenvalue weighted by Gasteiger charge is -2.14. The fourth-order valence-corrected chi connectivity index (χ4v) is 5.14. The molecule has 0 bridgehead atoms. The van der Waals surface area contributed by atoms with Crippen molar-refractivity contribution in [1.82, 2.24) is 4.57 Å². The molecule has 1 fully saturated rings. The maximum Gasteiger partial charge on any atom is 0.270 e. The van der Waals surface area contributed by atoms with Crippen LogP contribution in [0, 0.1) is 20.8 Å². The summed E-state index contributed by atoms with van der Waals surface area (Å²) in [6.07, 6.45) is 1.91. The molecule has 0 radical (unpaired) electrons. The third-order valence-electron chi connectivity index (χ3n) is 4.97. The molecule has 0 spiro atoms. The van der Waals surface area contributed by atoms with Crippen LogP contribution in [0.2, 0.25) is 10.0 Å². The predicted molar refractivity (Wildman–Crippen MR) is 132 cm³/mol. The van der Waals surface area contributed by atoms with Gasteiger partial charge in [0.1, 0.15) is 0 Å². The van der Waals surface area contributed by atoms with E-state index >= 15 is 0 Å². The molecule has 2 aromatic carbocycles. The number of nitrogens with zero attached hydrogens (tertiary/aromatic N) is 2. The Balaban J connectivity index is 1.71. The van der Waals surface area contributed by atoms with Crippen molar-refractivity contribution in [3.05, 3.63) is 86.0 Å². The molecule has 1 aromatic heterocycles. The summed E-state index contributed by atoms with van der Waals surface area (Å²) >= 11 is 19.1. The van der Waals surface area contributed by atoms with E-state index in [2.05, 4.69) is 10.6 Å². The van der Waals surface area contributed by atoms with E-state index in [-0.39, 0.29) is 5.91 Å². The van der Waals surface area contributed by atoms with Gasteiger partial charge in [-0.2, -0.15) is 0 Å². The van der Waals surface area contributed by atoms with Gasteiger partial charge in [-0.15, -0.1) is 0 Å². The normalized spacial score (nSPS) is 15.5. The highest BCUT2D eigenvalue weighted by Crippen LogP contribution is 2.37. The van der Waals surface area contributed by atoms with Crippen molar-refractivity contribution in [2.45, 2.75) is 20.8 Å². The Morgan fingerprint density at radius 3 is 2.43 bits per heavy atom. The molecule has 1 amide bonds. The van der Waals surface area contributed by atoms with Crippen LogP contribution >= 0.6 is 47.2 Å². The number of carbonyl (C=O) groups is 1. The van der Waals surface area contributed by atoms with Crippen LogP contribution in [0.1, 0.15) is 22.5 Å². The molecule has 0 N–H and O–H groups in total. The highest BCUT2D eigenvalue weighted by molar-refractivity contribution is 8.27. The molecule has 30 heavy (non-hydrogen) atoms. The second kappa shape index (κ2) is 8.23.